The van der Waals surface area contributed by atoms with Crippen LogP contribution >= 0.6 is 11.8 Å². The van der Waals surface area contributed by atoms with E-state index in [1.807, 2.05) is 11.8 Å². The lowest BCUT2D eigenvalue weighted by molar-refractivity contribution is 0.365. The standard InChI is InChI=1S/C8H15NS/c1-4-5-6-9(2)7-8-10-3/h1H,5-8H2,2-3H3. The van der Waals surface area contributed by atoms with E-state index in [1.54, 1.807) is 0 Å². The quantitative estimate of drug-likeness (QED) is 0.553. The minimum atomic E-state index is 0.866. The van der Waals surface area contributed by atoms with Crippen LogP contribution in [0.25, 0.3) is 0 Å². The molecular weight excluding hydrogens is 142 g/mol. The van der Waals surface area contributed by atoms with Crippen LogP contribution in [0.2, 0.25) is 0 Å². The van der Waals surface area contributed by atoms with Crippen molar-refractivity contribution in [2.75, 3.05) is 32.1 Å². The maximum Gasteiger partial charge on any atom is 0.0214 e. The average molecular weight is 157 g/mol. The van der Waals surface area contributed by atoms with Crippen molar-refractivity contribution in [1.29, 1.82) is 0 Å². The summed E-state index contributed by atoms with van der Waals surface area (Å²) in [4.78, 5) is 2.26. The summed E-state index contributed by atoms with van der Waals surface area (Å²) in [6, 6.07) is 0. The third-order valence-corrected chi connectivity index (χ3v) is 1.91. The van der Waals surface area contributed by atoms with Crippen LogP contribution in [0.1, 0.15) is 6.42 Å². The van der Waals surface area contributed by atoms with Crippen molar-refractivity contribution in [3.63, 3.8) is 0 Å². The monoisotopic (exact) mass is 157 g/mol. The largest absolute Gasteiger partial charge is 0.305 e. The molecule has 0 aliphatic carbocycles. The maximum absolute atomic E-state index is 5.12. The molecule has 0 atom stereocenters. The van der Waals surface area contributed by atoms with Gasteiger partial charge >= 0.3 is 0 Å². The van der Waals surface area contributed by atoms with Crippen LogP contribution in [0.5, 0.6) is 0 Å². The molecule has 0 bridgehead atoms. The van der Waals surface area contributed by atoms with Crippen LogP contribution in [0.4, 0.5) is 0 Å². The summed E-state index contributed by atoms with van der Waals surface area (Å²) in [6.07, 6.45) is 8.11. The predicted molar refractivity (Wildman–Crippen MR) is 49.3 cm³/mol. The Balaban J connectivity index is 3.10. The van der Waals surface area contributed by atoms with Gasteiger partial charge in [-0.15, -0.1) is 12.3 Å². The maximum atomic E-state index is 5.12. The van der Waals surface area contributed by atoms with E-state index in [-0.39, 0.29) is 0 Å². The third kappa shape index (κ3) is 6.00. The first-order chi connectivity index (χ1) is 4.81. The molecule has 10 heavy (non-hydrogen) atoms. The highest BCUT2D eigenvalue weighted by molar-refractivity contribution is 7.98. The van der Waals surface area contributed by atoms with E-state index in [0.29, 0.717) is 0 Å². The molecule has 0 saturated heterocycles. The second-order valence-corrected chi connectivity index (χ2v) is 3.24. The molecule has 2 heteroatoms. The number of hydrogen-bond acceptors (Lipinski definition) is 2. The highest BCUT2D eigenvalue weighted by Gasteiger charge is 1.93. The van der Waals surface area contributed by atoms with Gasteiger partial charge in [-0.05, 0) is 13.3 Å². The molecule has 0 saturated carbocycles. The number of terminal acetylenes is 1. The van der Waals surface area contributed by atoms with Crippen molar-refractivity contribution in [1.82, 2.24) is 4.90 Å². The third-order valence-electron chi connectivity index (χ3n) is 1.31. The number of thioether (sulfide) groups is 1. The number of rotatable bonds is 5. The molecule has 1 nitrogen and oxygen atoms in total. The fourth-order valence-electron chi connectivity index (χ4n) is 0.614. The van der Waals surface area contributed by atoms with Crippen LogP contribution in [0, 0.1) is 12.3 Å². The Morgan fingerprint density at radius 2 is 2.20 bits per heavy atom. The van der Waals surface area contributed by atoms with E-state index < -0.39 is 0 Å². The van der Waals surface area contributed by atoms with Gasteiger partial charge in [0.15, 0.2) is 0 Å². The fourth-order valence-corrected chi connectivity index (χ4v) is 1.11. The summed E-state index contributed by atoms with van der Waals surface area (Å²) in [6.45, 7) is 2.17. The van der Waals surface area contributed by atoms with Crippen LogP contribution in [0.3, 0.4) is 0 Å². The normalized spacial score (nSPS) is 9.80. The summed E-state index contributed by atoms with van der Waals surface area (Å²) in [5.74, 6) is 3.82. The molecule has 58 valence electrons. The van der Waals surface area contributed by atoms with Gasteiger partial charge in [-0.25, -0.2) is 0 Å². The van der Waals surface area contributed by atoms with Gasteiger partial charge in [0.05, 0.1) is 0 Å². The van der Waals surface area contributed by atoms with Crippen molar-refractivity contribution < 1.29 is 0 Å². The molecule has 0 radical (unpaired) electrons. The van der Waals surface area contributed by atoms with E-state index in [4.69, 9.17) is 6.42 Å². The van der Waals surface area contributed by atoms with E-state index >= 15 is 0 Å². The zero-order valence-electron chi connectivity index (χ0n) is 6.76. The summed E-state index contributed by atoms with van der Waals surface area (Å²) >= 11 is 1.87. The lowest BCUT2D eigenvalue weighted by atomic mass is 10.4. The molecule has 0 aliphatic rings. The fraction of sp³-hybridized carbons (Fsp3) is 0.750. The van der Waals surface area contributed by atoms with Crippen LogP contribution in [-0.2, 0) is 0 Å². The lowest BCUT2D eigenvalue weighted by Gasteiger charge is -2.13. The molecule has 0 aliphatic heterocycles. The van der Waals surface area contributed by atoms with Gasteiger partial charge in [-0.2, -0.15) is 11.8 Å². The smallest absolute Gasteiger partial charge is 0.0214 e. The van der Waals surface area contributed by atoms with Crippen molar-refractivity contribution in [3.05, 3.63) is 0 Å². The molecule has 0 aromatic heterocycles. The van der Waals surface area contributed by atoms with E-state index in [9.17, 15) is 0 Å². The van der Waals surface area contributed by atoms with Gasteiger partial charge in [0.2, 0.25) is 0 Å². The molecule has 0 spiro atoms. The minimum Gasteiger partial charge on any atom is -0.305 e. The Hall–Kier alpha value is -0.130. The first kappa shape index (κ1) is 9.87. The Morgan fingerprint density at radius 3 is 2.70 bits per heavy atom. The van der Waals surface area contributed by atoms with E-state index in [0.717, 1.165) is 19.5 Å². The Labute approximate surface area is 68.2 Å². The molecule has 0 amide bonds. The van der Waals surface area contributed by atoms with E-state index in [2.05, 4.69) is 24.1 Å². The molecule has 0 unspecified atom stereocenters. The van der Waals surface area contributed by atoms with Crippen molar-refractivity contribution in [2.24, 2.45) is 0 Å². The van der Waals surface area contributed by atoms with Crippen LogP contribution in [-0.4, -0.2) is 37.0 Å². The zero-order valence-corrected chi connectivity index (χ0v) is 7.58. The Bertz CT molecular complexity index is 106. The van der Waals surface area contributed by atoms with Gasteiger partial charge in [0.25, 0.3) is 0 Å². The highest BCUT2D eigenvalue weighted by atomic mass is 32.2. The zero-order chi connectivity index (χ0) is 7.82. The van der Waals surface area contributed by atoms with Crippen molar-refractivity contribution >= 4 is 11.8 Å². The summed E-state index contributed by atoms with van der Waals surface area (Å²) in [5.41, 5.74) is 0. The molecular formula is C8H15NS. The molecule has 0 aromatic carbocycles. The molecule has 0 fully saturated rings. The number of hydrogen-bond donors (Lipinski definition) is 0. The van der Waals surface area contributed by atoms with Gasteiger partial charge in [-0.1, -0.05) is 0 Å². The highest BCUT2D eigenvalue weighted by Crippen LogP contribution is 1.93. The van der Waals surface area contributed by atoms with E-state index in [1.165, 1.54) is 5.75 Å². The average Bonchev–Trinajstić information content (AvgIpc) is 1.97. The molecule has 0 aromatic rings. The molecule has 0 N–H and O–H groups in total. The molecule has 0 rings (SSSR count). The Morgan fingerprint density at radius 1 is 1.50 bits per heavy atom. The van der Waals surface area contributed by atoms with Gasteiger partial charge in [0, 0.05) is 25.3 Å². The minimum absolute atomic E-state index is 0.866. The summed E-state index contributed by atoms with van der Waals surface area (Å²) in [5, 5.41) is 0. The van der Waals surface area contributed by atoms with Gasteiger partial charge < -0.3 is 4.90 Å². The predicted octanol–water partition coefficient (Wildman–Crippen LogP) is 1.30. The van der Waals surface area contributed by atoms with Crippen molar-refractivity contribution in [2.45, 2.75) is 6.42 Å². The SMILES string of the molecule is C#CCCN(C)CCSC. The second-order valence-electron chi connectivity index (χ2n) is 2.25. The lowest BCUT2D eigenvalue weighted by Crippen LogP contribution is -2.21. The van der Waals surface area contributed by atoms with Gasteiger partial charge in [-0.3, -0.25) is 0 Å². The Kier molecular flexibility index (Phi) is 6.89. The topological polar surface area (TPSA) is 3.24 Å². The first-order valence-corrected chi connectivity index (χ1v) is 4.81. The van der Waals surface area contributed by atoms with Crippen molar-refractivity contribution in [3.8, 4) is 12.3 Å². The van der Waals surface area contributed by atoms with Crippen LogP contribution < -0.4 is 0 Å². The van der Waals surface area contributed by atoms with Gasteiger partial charge in [0.1, 0.15) is 0 Å². The molecule has 0 heterocycles. The summed E-state index contributed by atoms with van der Waals surface area (Å²) < 4.78 is 0. The summed E-state index contributed by atoms with van der Waals surface area (Å²) in [7, 11) is 2.10. The first-order valence-electron chi connectivity index (χ1n) is 3.42. The van der Waals surface area contributed by atoms with Crippen LogP contribution in [0.15, 0.2) is 0 Å². The second kappa shape index (κ2) is 6.98. The number of nitrogens with zero attached hydrogens (tertiary/aromatic N) is 1.